The molecule has 15 heavy (non-hydrogen) atoms. The number of nitrogens with one attached hydrogen (secondary N) is 1. The molecule has 2 rings (SSSR count). The molecule has 4 heteroatoms. The first-order chi connectivity index (χ1) is 7.16. The third-order valence-electron chi connectivity index (χ3n) is 2.80. The summed E-state index contributed by atoms with van der Waals surface area (Å²) < 4.78 is 0.974. The van der Waals surface area contributed by atoms with Crippen LogP contribution in [0.1, 0.15) is 5.56 Å². The molecule has 82 valence electrons. The van der Waals surface area contributed by atoms with Crippen molar-refractivity contribution in [1.29, 1.82) is 0 Å². The number of hydrogen-bond donors (Lipinski definition) is 1. The van der Waals surface area contributed by atoms with Crippen LogP contribution in [0, 0.1) is 0 Å². The zero-order chi connectivity index (χ0) is 10.8. The van der Waals surface area contributed by atoms with Gasteiger partial charge in [-0.05, 0) is 40.7 Å². The van der Waals surface area contributed by atoms with Crippen molar-refractivity contribution in [2.45, 2.75) is 12.6 Å². The summed E-state index contributed by atoms with van der Waals surface area (Å²) in [5, 5.41) is 4.05. The molecule has 0 saturated carbocycles. The number of nitrogens with zero attached hydrogens (tertiary/aromatic N) is 1. The van der Waals surface area contributed by atoms with Gasteiger partial charge in [0.2, 0.25) is 0 Å². The Balaban J connectivity index is 2.00. The fourth-order valence-electron chi connectivity index (χ4n) is 1.64. The van der Waals surface area contributed by atoms with Crippen LogP contribution in [0.25, 0.3) is 0 Å². The average molecular weight is 290 g/mol. The molecule has 1 N–H and O–H groups in total. The molecule has 0 aromatic heterocycles. The molecule has 0 aliphatic carbocycles. The van der Waals surface area contributed by atoms with Crippen LogP contribution in [0.2, 0.25) is 5.02 Å². The van der Waals surface area contributed by atoms with E-state index in [1.54, 1.807) is 0 Å². The molecule has 1 heterocycles. The fourth-order valence-corrected chi connectivity index (χ4v) is 2.18. The molecule has 1 fully saturated rings. The van der Waals surface area contributed by atoms with E-state index in [-0.39, 0.29) is 0 Å². The van der Waals surface area contributed by atoms with Gasteiger partial charge in [-0.3, -0.25) is 4.90 Å². The molecule has 0 radical (unpaired) electrons. The van der Waals surface area contributed by atoms with Gasteiger partial charge in [0.05, 0.1) is 5.02 Å². The topological polar surface area (TPSA) is 15.3 Å². The van der Waals surface area contributed by atoms with Crippen molar-refractivity contribution in [2.75, 3.05) is 20.1 Å². The first-order valence-corrected chi connectivity index (χ1v) is 6.19. The van der Waals surface area contributed by atoms with Crippen LogP contribution in [0.4, 0.5) is 0 Å². The number of hydrogen-bond acceptors (Lipinski definition) is 2. The van der Waals surface area contributed by atoms with Crippen LogP contribution in [-0.2, 0) is 6.54 Å². The maximum absolute atomic E-state index is 5.95. The van der Waals surface area contributed by atoms with Gasteiger partial charge in [0, 0.05) is 30.1 Å². The van der Waals surface area contributed by atoms with Crippen molar-refractivity contribution >= 4 is 27.5 Å². The zero-order valence-electron chi connectivity index (χ0n) is 8.63. The van der Waals surface area contributed by atoms with Crippen molar-refractivity contribution in [2.24, 2.45) is 0 Å². The lowest BCUT2D eigenvalue weighted by molar-refractivity contribution is 0.173. The Morgan fingerprint density at radius 2 is 2.27 bits per heavy atom. The van der Waals surface area contributed by atoms with E-state index < -0.39 is 0 Å². The van der Waals surface area contributed by atoms with Gasteiger partial charge in [-0.15, -0.1) is 0 Å². The average Bonchev–Trinajstić information content (AvgIpc) is 2.08. The van der Waals surface area contributed by atoms with E-state index in [4.69, 9.17) is 11.6 Å². The molecule has 0 bridgehead atoms. The highest BCUT2D eigenvalue weighted by molar-refractivity contribution is 9.10. The third kappa shape index (κ3) is 2.72. The van der Waals surface area contributed by atoms with Crippen LogP contribution in [0.5, 0.6) is 0 Å². The van der Waals surface area contributed by atoms with Crippen LogP contribution in [-0.4, -0.2) is 31.1 Å². The summed E-state index contributed by atoms with van der Waals surface area (Å²) >= 11 is 9.39. The van der Waals surface area contributed by atoms with E-state index in [2.05, 4.69) is 45.3 Å². The van der Waals surface area contributed by atoms with Gasteiger partial charge >= 0.3 is 0 Å². The summed E-state index contributed by atoms with van der Waals surface area (Å²) in [6.45, 7) is 3.18. The Morgan fingerprint density at radius 1 is 1.53 bits per heavy atom. The largest absolute Gasteiger partial charge is 0.314 e. The van der Waals surface area contributed by atoms with Gasteiger partial charge in [-0.25, -0.2) is 0 Å². The highest BCUT2D eigenvalue weighted by Crippen LogP contribution is 2.24. The summed E-state index contributed by atoms with van der Waals surface area (Å²) in [6, 6.07) is 6.79. The van der Waals surface area contributed by atoms with Crippen LogP contribution in [0.3, 0.4) is 0 Å². The summed E-state index contributed by atoms with van der Waals surface area (Å²) in [5.74, 6) is 0. The van der Waals surface area contributed by atoms with Crippen molar-refractivity contribution < 1.29 is 0 Å². The van der Waals surface area contributed by atoms with Gasteiger partial charge < -0.3 is 5.32 Å². The highest BCUT2D eigenvalue weighted by atomic mass is 79.9. The lowest BCUT2D eigenvalue weighted by atomic mass is 10.1. The van der Waals surface area contributed by atoms with E-state index in [1.165, 1.54) is 5.56 Å². The first-order valence-electron chi connectivity index (χ1n) is 5.01. The highest BCUT2D eigenvalue weighted by Gasteiger charge is 2.21. The molecular weight excluding hydrogens is 275 g/mol. The standard InChI is InChI=1S/C11H14BrClN2/c1-15(9-5-14-6-9)7-8-2-3-11(13)10(12)4-8/h2-4,9,14H,5-7H2,1H3. The van der Waals surface area contributed by atoms with Crippen molar-refractivity contribution in [1.82, 2.24) is 10.2 Å². The molecule has 2 nitrogen and oxygen atoms in total. The quantitative estimate of drug-likeness (QED) is 0.920. The van der Waals surface area contributed by atoms with Crippen LogP contribution in [0.15, 0.2) is 22.7 Å². The smallest absolute Gasteiger partial charge is 0.0548 e. The fraction of sp³-hybridized carbons (Fsp3) is 0.455. The monoisotopic (exact) mass is 288 g/mol. The molecule has 0 amide bonds. The SMILES string of the molecule is CN(Cc1ccc(Cl)c(Br)c1)C1CNC1. The van der Waals surface area contributed by atoms with E-state index in [0.717, 1.165) is 29.1 Å². The molecule has 1 aromatic rings. The van der Waals surface area contributed by atoms with Crippen LogP contribution >= 0.6 is 27.5 Å². The maximum Gasteiger partial charge on any atom is 0.0548 e. The molecule has 1 aromatic carbocycles. The van der Waals surface area contributed by atoms with E-state index in [9.17, 15) is 0 Å². The second-order valence-electron chi connectivity index (χ2n) is 3.98. The molecule has 1 aliphatic heterocycles. The van der Waals surface area contributed by atoms with Gasteiger partial charge in [0.15, 0.2) is 0 Å². The van der Waals surface area contributed by atoms with Gasteiger partial charge in [0.25, 0.3) is 0 Å². The lowest BCUT2D eigenvalue weighted by Gasteiger charge is -2.35. The van der Waals surface area contributed by atoms with Crippen molar-refractivity contribution in [3.63, 3.8) is 0 Å². The minimum absolute atomic E-state index is 0.680. The Kier molecular flexibility index (Phi) is 3.67. The molecule has 0 spiro atoms. The maximum atomic E-state index is 5.95. The Labute approximate surface area is 104 Å². The predicted octanol–water partition coefficient (Wildman–Crippen LogP) is 2.51. The van der Waals surface area contributed by atoms with Crippen LogP contribution < -0.4 is 5.32 Å². The van der Waals surface area contributed by atoms with E-state index in [1.807, 2.05) is 6.07 Å². The Morgan fingerprint density at radius 3 is 2.80 bits per heavy atom. The Hall–Kier alpha value is -0.0900. The second-order valence-corrected chi connectivity index (χ2v) is 5.24. The van der Waals surface area contributed by atoms with Crippen molar-refractivity contribution in [3.05, 3.63) is 33.3 Å². The van der Waals surface area contributed by atoms with E-state index in [0.29, 0.717) is 6.04 Å². The zero-order valence-corrected chi connectivity index (χ0v) is 11.0. The molecule has 0 unspecified atom stereocenters. The summed E-state index contributed by atoms with van der Waals surface area (Å²) in [4.78, 5) is 2.37. The molecule has 1 saturated heterocycles. The molecule has 1 aliphatic rings. The summed E-state index contributed by atoms with van der Waals surface area (Å²) in [6.07, 6.45) is 0. The summed E-state index contributed by atoms with van der Waals surface area (Å²) in [5.41, 5.74) is 1.29. The molecule has 0 atom stereocenters. The minimum Gasteiger partial charge on any atom is -0.314 e. The van der Waals surface area contributed by atoms with E-state index >= 15 is 0 Å². The van der Waals surface area contributed by atoms with Crippen molar-refractivity contribution in [3.8, 4) is 0 Å². The predicted molar refractivity (Wildman–Crippen MR) is 67.3 cm³/mol. The normalized spacial score (nSPS) is 16.8. The number of benzene rings is 1. The molecular formula is C11H14BrClN2. The first kappa shape index (κ1) is 11.4. The lowest BCUT2D eigenvalue weighted by Crippen LogP contribution is -2.55. The van der Waals surface area contributed by atoms with Gasteiger partial charge in [-0.1, -0.05) is 17.7 Å². The second kappa shape index (κ2) is 4.83. The number of rotatable bonds is 3. The number of halogens is 2. The third-order valence-corrected chi connectivity index (χ3v) is 4.01. The minimum atomic E-state index is 0.680. The van der Waals surface area contributed by atoms with Gasteiger partial charge in [-0.2, -0.15) is 0 Å². The Bertz CT molecular complexity index is 352. The van der Waals surface area contributed by atoms with Gasteiger partial charge in [0.1, 0.15) is 0 Å². The number of likely N-dealkylation sites (N-methyl/N-ethyl adjacent to an activating group) is 1. The summed E-state index contributed by atoms with van der Waals surface area (Å²) in [7, 11) is 2.16.